The minimum atomic E-state index is -0.253. The second-order valence-electron chi connectivity index (χ2n) is 3.46. The van der Waals surface area contributed by atoms with Gasteiger partial charge in [0.05, 0.1) is 19.6 Å². The summed E-state index contributed by atoms with van der Waals surface area (Å²) in [5, 5.41) is 0. The second kappa shape index (κ2) is 7.51. The van der Waals surface area contributed by atoms with Crippen molar-refractivity contribution in [3.63, 3.8) is 0 Å². The van der Waals surface area contributed by atoms with Crippen molar-refractivity contribution in [1.82, 2.24) is 5.43 Å². The van der Waals surface area contributed by atoms with E-state index in [1.807, 2.05) is 36.6 Å². The van der Waals surface area contributed by atoms with E-state index in [9.17, 15) is 4.79 Å². The van der Waals surface area contributed by atoms with Crippen molar-refractivity contribution in [2.24, 2.45) is 5.84 Å². The number of carbonyl (C=O) groups excluding carboxylic acids is 1. The molecule has 17 heavy (non-hydrogen) atoms. The summed E-state index contributed by atoms with van der Waals surface area (Å²) < 4.78 is 11.0. The highest BCUT2D eigenvalue weighted by Crippen LogP contribution is 2.26. The molecule has 0 heterocycles. The fraction of sp³-hybridized carbons (Fsp3) is 0.417. The van der Waals surface area contributed by atoms with Crippen LogP contribution in [0.1, 0.15) is 19.8 Å². The Morgan fingerprint density at radius 1 is 1.24 bits per heavy atom. The quantitative estimate of drug-likeness (QED) is 0.426. The van der Waals surface area contributed by atoms with Gasteiger partial charge in [-0.3, -0.25) is 10.2 Å². The van der Waals surface area contributed by atoms with E-state index in [1.165, 1.54) is 0 Å². The summed E-state index contributed by atoms with van der Waals surface area (Å²) in [6, 6.07) is 7.39. The van der Waals surface area contributed by atoms with Crippen LogP contribution >= 0.6 is 0 Å². The maximum absolute atomic E-state index is 10.9. The number of para-hydroxylation sites is 2. The molecule has 1 aromatic carbocycles. The highest BCUT2D eigenvalue weighted by Gasteiger charge is 2.05. The first kappa shape index (κ1) is 13.3. The molecule has 0 saturated heterocycles. The minimum absolute atomic E-state index is 0.221. The van der Waals surface area contributed by atoms with Crippen molar-refractivity contribution in [1.29, 1.82) is 0 Å². The number of ether oxygens (including phenoxy) is 2. The third-order valence-corrected chi connectivity index (χ3v) is 2.06. The lowest BCUT2D eigenvalue weighted by Gasteiger charge is -2.11. The number of nitrogens with two attached hydrogens (primary N) is 1. The zero-order valence-electron chi connectivity index (χ0n) is 9.94. The molecule has 0 saturated carbocycles. The molecule has 0 atom stereocenters. The van der Waals surface area contributed by atoms with Gasteiger partial charge in [0.15, 0.2) is 11.5 Å². The van der Waals surface area contributed by atoms with Crippen LogP contribution in [0.5, 0.6) is 11.5 Å². The third kappa shape index (κ3) is 4.74. The van der Waals surface area contributed by atoms with E-state index in [0.29, 0.717) is 18.1 Å². The Bertz CT molecular complexity index is 355. The van der Waals surface area contributed by atoms with E-state index < -0.39 is 0 Å². The monoisotopic (exact) mass is 238 g/mol. The van der Waals surface area contributed by atoms with Crippen molar-refractivity contribution in [3.8, 4) is 11.5 Å². The molecule has 1 rings (SSSR count). The zero-order valence-corrected chi connectivity index (χ0v) is 9.94. The van der Waals surface area contributed by atoms with Gasteiger partial charge in [-0.05, 0) is 18.6 Å². The van der Waals surface area contributed by atoms with E-state index >= 15 is 0 Å². The van der Waals surface area contributed by atoms with Gasteiger partial charge in [-0.2, -0.15) is 0 Å². The number of benzene rings is 1. The average Bonchev–Trinajstić information content (AvgIpc) is 2.37. The van der Waals surface area contributed by atoms with E-state index in [0.717, 1.165) is 6.42 Å². The van der Waals surface area contributed by atoms with Crippen molar-refractivity contribution in [2.45, 2.75) is 19.8 Å². The molecular formula is C12H18N2O3. The molecular weight excluding hydrogens is 220 g/mol. The summed E-state index contributed by atoms with van der Waals surface area (Å²) in [6.45, 7) is 2.95. The van der Waals surface area contributed by atoms with Crippen LogP contribution < -0.4 is 20.7 Å². The molecule has 0 unspecified atom stereocenters. The van der Waals surface area contributed by atoms with Crippen LogP contribution in [0.25, 0.3) is 0 Å². The van der Waals surface area contributed by atoms with Crippen molar-refractivity contribution >= 4 is 5.91 Å². The highest BCUT2D eigenvalue weighted by atomic mass is 16.5. The Kier molecular flexibility index (Phi) is 5.88. The van der Waals surface area contributed by atoms with Crippen molar-refractivity contribution in [2.75, 3.05) is 13.2 Å². The van der Waals surface area contributed by atoms with Crippen LogP contribution in [0.4, 0.5) is 0 Å². The molecule has 0 spiro atoms. The molecule has 0 radical (unpaired) electrons. The first-order valence-corrected chi connectivity index (χ1v) is 5.62. The number of hydrogen-bond donors (Lipinski definition) is 2. The van der Waals surface area contributed by atoms with Gasteiger partial charge >= 0.3 is 0 Å². The SMILES string of the molecule is CCCOc1ccccc1OCCC(=O)NN. The molecule has 0 aliphatic carbocycles. The first-order valence-electron chi connectivity index (χ1n) is 5.62. The van der Waals surface area contributed by atoms with Crippen LogP contribution in [-0.2, 0) is 4.79 Å². The Morgan fingerprint density at radius 2 is 1.82 bits per heavy atom. The van der Waals surface area contributed by atoms with Crippen LogP contribution in [0.15, 0.2) is 24.3 Å². The summed E-state index contributed by atoms with van der Waals surface area (Å²) >= 11 is 0. The normalized spacial score (nSPS) is 9.76. The molecule has 0 aromatic heterocycles. The van der Waals surface area contributed by atoms with E-state index in [2.05, 4.69) is 0 Å². The van der Waals surface area contributed by atoms with Gasteiger partial charge in [-0.15, -0.1) is 0 Å². The fourth-order valence-electron chi connectivity index (χ4n) is 1.23. The predicted octanol–water partition coefficient (Wildman–Crippen LogP) is 1.23. The van der Waals surface area contributed by atoms with Crippen LogP contribution in [0, 0.1) is 0 Å². The maximum atomic E-state index is 10.9. The van der Waals surface area contributed by atoms with Crippen molar-refractivity contribution in [3.05, 3.63) is 24.3 Å². The Morgan fingerprint density at radius 3 is 2.35 bits per heavy atom. The van der Waals surface area contributed by atoms with Crippen LogP contribution in [0.2, 0.25) is 0 Å². The Labute approximate surface area is 101 Å². The van der Waals surface area contributed by atoms with Crippen molar-refractivity contribution < 1.29 is 14.3 Å². The van der Waals surface area contributed by atoms with Gasteiger partial charge in [-0.25, -0.2) is 5.84 Å². The summed E-state index contributed by atoms with van der Waals surface area (Å²) in [5.41, 5.74) is 2.05. The summed E-state index contributed by atoms with van der Waals surface area (Å²) in [6.07, 6.45) is 1.16. The standard InChI is InChI=1S/C12H18N2O3/c1-2-8-16-10-5-3-4-6-11(10)17-9-7-12(15)14-13/h3-6H,2,7-9,13H2,1H3,(H,14,15). The average molecular weight is 238 g/mol. The van der Waals surface area contributed by atoms with E-state index in [1.54, 1.807) is 0 Å². The lowest BCUT2D eigenvalue weighted by molar-refractivity contribution is -0.121. The van der Waals surface area contributed by atoms with Crippen LogP contribution in [0.3, 0.4) is 0 Å². The predicted molar refractivity (Wildman–Crippen MR) is 64.7 cm³/mol. The number of carbonyl (C=O) groups is 1. The Balaban J connectivity index is 2.48. The van der Waals surface area contributed by atoms with Gasteiger partial charge in [0.25, 0.3) is 0 Å². The molecule has 0 aliphatic rings. The number of hydrogen-bond acceptors (Lipinski definition) is 4. The summed E-state index contributed by atoms with van der Waals surface area (Å²) in [4.78, 5) is 10.9. The second-order valence-corrected chi connectivity index (χ2v) is 3.46. The number of rotatable bonds is 7. The lowest BCUT2D eigenvalue weighted by Crippen LogP contribution is -2.31. The van der Waals surface area contributed by atoms with Gasteiger partial charge in [0.1, 0.15) is 0 Å². The largest absolute Gasteiger partial charge is 0.490 e. The molecule has 1 aromatic rings. The summed E-state index contributed by atoms with van der Waals surface area (Å²) in [5.74, 6) is 6.06. The number of amides is 1. The molecule has 3 N–H and O–H groups in total. The lowest BCUT2D eigenvalue weighted by atomic mass is 10.3. The summed E-state index contributed by atoms with van der Waals surface area (Å²) in [7, 11) is 0. The molecule has 0 bridgehead atoms. The highest BCUT2D eigenvalue weighted by molar-refractivity contribution is 5.75. The number of nitrogens with one attached hydrogen (secondary N) is 1. The van der Waals surface area contributed by atoms with Crippen LogP contribution in [-0.4, -0.2) is 19.1 Å². The third-order valence-electron chi connectivity index (χ3n) is 2.06. The molecule has 5 nitrogen and oxygen atoms in total. The van der Waals surface area contributed by atoms with Gasteiger partial charge < -0.3 is 9.47 Å². The van der Waals surface area contributed by atoms with E-state index in [-0.39, 0.29) is 18.9 Å². The smallest absolute Gasteiger partial charge is 0.237 e. The topological polar surface area (TPSA) is 73.6 Å². The minimum Gasteiger partial charge on any atom is -0.490 e. The molecule has 94 valence electrons. The maximum Gasteiger partial charge on any atom is 0.237 e. The van der Waals surface area contributed by atoms with Gasteiger partial charge in [0, 0.05) is 0 Å². The van der Waals surface area contributed by atoms with Gasteiger partial charge in [0.2, 0.25) is 5.91 Å². The zero-order chi connectivity index (χ0) is 12.5. The molecule has 0 fully saturated rings. The number of hydrazine groups is 1. The van der Waals surface area contributed by atoms with Gasteiger partial charge in [-0.1, -0.05) is 19.1 Å². The fourth-order valence-corrected chi connectivity index (χ4v) is 1.23. The molecule has 1 amide bonds. The molecule has 5 heteroatoms. The molecule has 0 aliphatic heterocycles. The van der Waals surface area contributed by atoms with E-state index in [4.69, 9.17) is 15.3 Å². The Hall–Kier alpha value is -1.75. The first-order chi connectivity index (χ1) is 8.27.